The van der Waals surface area contributed by atoms with E-state index in [0.29, 0.717) is 6.54 Å². The summed E-state index contributed by atoms with van der Waals surface area (Å²) >= 11 is 1.61. The third kappa shape index (κ3) is 2.94. The number of hydrogen-bond donors (Lipinski definition) is 1. The molecule has 3 rings (SSSR count). The zero-order valence-electron chi connectivity index (χ0n) is 12.7. The number of fused-ring (bicyclic) bond motifs is 1. The topological polar surface area (TPSA) is 63.1 Å². The Morgan fingerprint density at radius 2 is 2.18 bits per heavy atom. The van der Waals surface area contributed by atoms with Crippen molar-refractivity contribution in [2.24, 2.45) is 7.05 Å². The van der Waals surface area contributed by atoms with Gasteiger partial charge in [0.2, 0.25) is 0 Å². The van der Waals surface area contributed by atoms with Crippen molar-refractivity contribution < 1.29 is 4.79 Å². The Morgan fingerprint density at radius 1 is 1.41 bits per heavy atom. The third-order valence-corrected chi connectivity index (χ3v) is 4.33. The molecular weight excluding hydrogens is 298 g/mol. The SMILES string of the molecule is Cc1nn(C)cc1NC(=O)N(C)Cc1nc2ccccc2s1. The van der Waals surface area contributed by atoms with Crippen molar-refractivity contribution in [3.8, 4) is 0 Å². The van der Waals surface area contributed by atoms with Gasteiger partial charge in [0.1, 0.15) is 5.01 Å². The Labute approximate surface area is 132 Å². The number of carbonyl (C=O) groups is 1. The molecule has 0 atom stereocenters. The second kappa shape index (κ2) is 5.76. The summed E-state index contributed by atoms with van der Waals surface area (Å²) in [4.78, 5) is 18.4. The quantitative estimate of drug-likeness (QED) is 0.808. The van der Waals surface area contributed by atoms with Gasteiger partial charge in [0.05, 0.1) is 28.1 Å². The van der Waals surface area contributed by atoms with E-state index < -0.39 is 0 Å². The fraction of sp³-hybridized carbons (Fsp3) is 0.267. The molecule has 0 aliphatic heterocycles. The summed E-state index contributed by atoms with van der Waals surface area (Å²) in [6, 6.07) is 7.80. The molecule has 0 unspecified atom stereocenters. The number of aromatic nitrogens is 3. The first-order valence-electron chi connectivity index (χ1n) is 6.90. The second-order valence-corrected chi connectivity index (χ2v) is 6.28. The van der Waals surface area contributed by atoms with Crippen LogP contribution < -0.4 is 5.32 Å². The number of benzene rings is 1. The van der Waals surface area contributed by atoms with Crippen molar-refractivity contribution in [1.29, 1.82) is 0 Å². The number of thiazole rings is 1. The van der Waals surface area contributed by atoms with Gasteiger partial charge in [0.15, 0.2) is 0 Å². The minimum Gasteiger partial charge on any atom is -0.321 e. The number of rotatable bonds is 3. The van der Waals surface area contributed by atoms with E-state index in [9.17, 15) is 4.79 Å². The van der Waals surface area contributed by atoms with E-state index in [0.717, 1.165) is 26.6 Å². The van der Waals surface area contributed by atoms with Gasteiger partial charge < -0.3 is 10.2 Å². The van der Waals surface area contributed by atoms with Crippen molar-refractivity contribution in [3.05, 3.63) is 41.2 Å². The van der Waals surface area contributed by atoms with Gasteiger partial charge in [-0.1, -0.05) is 12.1 Å². The predicted molar refractivity (Wildman–Crippen MR) is 88.1 cm³/mol. The molecule has 0 aliphatic rings. The lowest BCUT2D eigenvalue weighted by molar-refractivity contribution is 0.220. The molecule has 0 spiro atoms. The van der Waals surface area contributed by atoms with Gasteiger partial charge in [-0.05, 0) is 19.1 Å². The fourth-order valence-electron chi connectivity index (χ4n) is 2.20. The molecule has 7 heteroatoms. The number of para-hydroxylation sites is 1. The minimum atomic E-state index is -0.171. The maximum Gasteiger partial charge on any atom is 0.322 e. The largest absolute Gasteiger partial charge is 0.322 e. The number of hydrogen-bond acceptors (Lipinski definition) is 4. The standard InChI is InChI=1S/C15H17N5OS/c1-10-12(8-20(3)18-10)17-15(21)19(2)9-14-16-11-6-4-5-7-13(11)22-14/h4-8H,9H2,1-3H3,(H,17,21). The van der Waals surface area contributed by atoms with Crippen LogP contribution in [0.4, 0.5) is 10.5 Å². The molecule has 2 amide bonds. The van der Waals surface area contributed by atoms with Crippen LogP contribution in [0, 0.1) is 6.92 Å². The predicted octanol–water partition coefficient (Wildman–Crippen LogP) is 3.00. The van der Waals surface area contributed by atoms with Gasteiger partial charge in [0, 0.05) is 20.3 Å². The van der Waals surface area contributed by atoms with Gasteiger partial charge in [0.25, 0.3) is 0 Å². The summed E-state index contributed by atoms with van der Waals surface area (Å²) in [5.74, 6) is 0. The molecule has 3 aromatic rings. The first-order valence-corrected chi connectivity index (χ1v) is 7.71. The number of urea groups is 1. The van der Waals surface area contributed by atoms with Gasteiger partial charge >= 0.3 is 6.03 Å². The number of anilines is 1. The summed E-state index contributed by atoms with van der Waals surface area (Å²) in [7, 11) is 3.58. The van der Waals surface area contributed by atoms with E-state index in [-0.39, 0.29) is 6.03 Å². The average molecular weight is 315 g/mol. The van der Waals surface area contributed by atoms with Crippen LogP contribution in [-0.2, 0) is 13.6 Å². The normalized spacial score (nSPS) is 10.9. The number of nitrogens with one attached hydrogen (secondary N) is 1. The van der Waals surface area contributed by atoms with Crippen molar-refractivity contribution in [3.63, 3.8) is 0 Å². The Morgan fingerprint density at radius 3 is 2.86 bits per heavy atom. The van der Waals surface area contributed by atoms with Crippen LogP contribution in [0.3, 0.4) is 0 Å². The Balaban J connectivity index is 1.69. The van der Waals surface area contributed by atoms with Crippen molar-refractivity contribution in [2.45, 2.75) is 13.5 Å². The molecule has 2 aromatic heterocycles. The molecule has 2 heterocycles. The van der Waals surface area contributed by atoms with Gasteiger partial charge in [-0.2, -0.15) is 5.10 Å². The zero-order chi connectivity index (χ0) is 15.7. The number of carbonyl (C=O) groups excluding carboxylic acids is 1. The number of nitrogens with zero attached hydrogens (tertiary/aromatic N) is 4. The lowest BCUT2D eigenvalue weighted by Crippen LogP contribution is -2.30. The molecule has 0 saturated heterocycles. The molecule has 0 saturated carbocycles. The molecule has 114 valence electrons. The maximum absolute atomic E-state index is 12.2. The minimum absolute atomic E-state index is 0.171. The van der Waals surface area contributed by atoms with Crippen molar-refractivity contribution in [1.82, 2.24) is 19.7 Å². The van der Waals surface area contributed by atoms with Crippen LogP contribution in [0.5, 0.6) is 0 Å². The van der Waals surface area contributed by atoms with Crippen LogP contribution in [0.15, 0.2) is 30.5 Å². The summed E-state index contributed by atoms with van der Waals surface area (Å²) in [6.07, 6.45) is 1.79. The van der Waals surface area contributed by atoms with Crippen LogP contribution >= 0.6 is 11.3 Å². The Hall–Kier alpha value is -2.41. The summed E-state index contributed by atoms with van der Waals surface area (Å²) in [5, 5.41) is 7.99. The van der Waals surface area contributed by atoms with E-state index in [4.69, 9.17) is 0 Å². The Kier molecular flexibility index (Phi) is 3.81. The highest BCUT2D eigenvalue weighted by molar-refractivity contribution is 7.18. The van der Waals surface area contributed by atoms with E-state index in [1.807, 2.05) is 38.2 Å². The van der Waals surface area contributed by atoms with Crippen LogP contribution in [0.25, 0.3) is 10.2 Å². The maximum atomic E-state index is 12.2. The molecule has 1 N–H and O–H groups in total. The van der Waals surface area contributed by atoms with E-state index in [1.165, 1.54) is 0 Å². The van der Waals surface area contributed by atoms with Gasteiger partial charge in [-0.25, -0.2) is 9.78 Å². The van der Waals surface area contributed by atoms with E-state index in [1.54, 1.807) is 34.2 Å². The highest BCUT2D eigenvalue weighted by atomic mass is 32.1. The zero-order valence-corrected chi connectivity index (χ0v) is 13.5. The molecule has 22 heavy (non-hydrogen) atoms. The molecule has 0 bridgehead atoms. The third-order valence-electron chi connectivity index (χ3n) is 3.31. The molecule has 0 aliphatic carbocycles. The molecule has 6 nitrogen and oxygen atoms in total. The highest BCUT2D eigenvalue weighted by Gasteiger charge is 2.14. The van der Waals surface area contributed by atoms with Gasteiger partial charge in [-0.15, -0.1) is 11.3 Å². The summed E-state index contributed by atoms with van der Waals surface area (Å²) in [5.41, 5.74) is 2.49. The first kappa shape index (κ1) is 14.5. The summed E-state index contributed by atoms with van der Waals surface area (Å²) < 4.78 is 2.81. The van der Waals surface area contributed by atoms with Crippen LogP contribution in [0.2, 0.25) is 0 Å². The van der Waals surface area contributed by atoms with Crippen molar-refractivity contribution in [2.75, 3.05) is 12.4 Å². The Bertz CT molecular complexity index is 789. The highest BCUT2D eigenvalue weighted by Crippen LogP contribution is 2.22. The fourth-order valence-corrected chi connectivity index (χ4v) is 3.22. The molecule has 0 fully saturated rings. The first-order chi connectivity index (χ1) is 10.5. The smallest absolute Gasteiger partial charge is 0.321 e. The lowest BCUT2D eigenvalue weighted by Gasteiger charge is -2.16. The van der Waals surface area contributed by atoms with E-state index >= 15 is 0 Å². The molecular formula is C15H17N5OS. The second-order valence-electron chi connectivity index (χ2n) is 5.16. The number of aryl methyl sites for hydroxylation is 2. The van der Waals surface area contributed by atoms with Crippen LogP contribution in [0.1, 0.15) is 10.7 Å². The van der Waals surface area contributed by atoms with E-state index in [2.05, 4.69) is 15.4 Å². The van der Waals surface area contributed by atoms with Crippen LogP contribution in [-0.4, -0.2) is 32.7 Å². The summed E-state index contributed by atoms with van der Waals surface area (Å²) in [6.45, 7) is 2.34. The van der Waals surface area contributed by atoms with Crippen molar-refractivity contribution >= 4 is 33.3 Å². The number of amides is 2. The molecule has 1 aromatic carbocycles. The lowest BCUT2D eigenvalue weighted by atomic mass is 10.3. The molecule has 0 radical (unpaired) electrons. The monoisotopic (exact) mass is 315 g/mol. The van der Waals surface area contributed by atoms with Gasteiger partial charge in [-0.3, -0.25) is 4.68 Å². The average Bonchev–Trinajstić information content (AvgIpc) is 3.01.